The summed E-state index contributed by atoms with van der Waals surface area (Å²) < 4.78 is 7.45. The number of rotatable bonds is 8. The van der Waals surface area contributed by atoms with Gasteiger partial charge in [0.25, 0.3) is 0 Å². The van der Waals surface area contributed by atoms with Crippen molar-refractivity contribution in [3.63, 3.8) is 0 Å². The molecule has 0 saturated heterocycles. The van der Waals surface area contributed by atoms with E-state index in [-0.39, 0.29) is 11.2 Å². The van der Waals surface area contributed by atoms with E-state index >= 15 is 0 Å². The van der Waals surface area contributed by atoms with Gasteiger partial charge in [0.1, 0.15) is 5.76 Å². The maximum atomic E-state index is 12.2. The van der Waals surface area contributed by atoms with Gasteiger partial charge in [0.05, 0.1) is 18.1 Å². The minimum atomic E-state index is -0.283. The summed E-state index contributed by atoms with van der Waals surface area (Å²) in [5.74, 6) is 1.48. The summed E-state index contributed by atoms with van der Waals surface area (Å²) in [5.41, 5.74) is 0.897. The molecule has 27 heavy (non-hydrogen) atoms. The van der Waals surface area contributed by atoms with Gasteiger partial charge < -0.3 is 9.73 Å². The summed E-state index contributed by atoms with van der Waals surface area (Å²) in [7, 11) is 0. The molecule has 0 fully saturated rings. The summed E-state index contributed by atoms with van der Waals surface area (Å²) in [4.78, 5) is 12.2. The minimum Gasteiger partial charge on any atom is -0.467 e. The lowest BCUT2D eigenvalue weighted by atomic mass is 10.2. The molecule has 0 spiro atoms. The topological polar surface area (TPSA) is 73.0 Å². The maximum Gasteiger partial charge on any atom is 0.233 e. The largest absolute Gasteiger partial charge is 0.467 e. The van der Waals surface area contributed by atoms with E-state index in [4.69, 9.17) is 16.0 Å². The molecule has 2 aromatic heterocycles. The number of nitrogens with one attached hydrogen (secondary N) is 1. The quantitative estimate of drug-likeness (QED) is 0.568. The first-order valence-corrected chi connectivity index (χ1v) is 10.00. The Bertz CT molecular complexity index is 878. The van der Waals surface area contributed by atoms with Crippen molar-refractivity contribution in [1.82, 2.24) is 20.1 Å². The zero-order chi connectivity index (χ0) is 19.2. The predicted molar refractivity (Wildman–Crippen MR) is 107 cm³/mol. The monoisotopic (exact) mass is 404 g/mol. The van der Waals surface area contributed by atoms with Crippen LogP contribution in [0.5, 0.6) is 0 Å². The number of nitrogens with zero attached hydrogens (tertiary/aromatic N) is 3. The third-order valence-corrected chi connectivity index (χ3v) is 5.25. The summed E-state index contributed by atoms with van der Waals surface area (Å²) in [6.07, 6.45) is 2.54. The van der Waals surface area contributed by atoms with Gasteiger partial charge in [0.2, 0.25) is 5.91 Å². The normalized spacial score (nSPS) is 12.1. The van der Waals surface area contributed by atoms with Gasteiger partial charge in [0, 0.05) is 17.1 Å². The Hall–Kier alpha value is -2.25. The van der Waals surface area contributed by atoms with Crippen LogP contribution in [0.1, 0.15) is 26.0 Å². The third kappa shape index (κ3) is 4.93. The molecule has 1 aromatic carbocycles. The average Bonchev–Trinajstić information content (AvgIpc) is 3.31. The standard InChI is InChI=1S/C19H21ClN4O2S/c1-3-10-21-18(25)13(2)27-19-23-22-17(14-6-8-15(20)9-7-14)24(19)12-16-5-4-11-26-16/h4-9,11,13H,3,10,12H2,1-2H3,(H,21,25). The van der Waals surface area contributed by atoms with Gasteiger partial charge in [0.15, 0.2) is 11.0 Å². The molecule has 1 unspecified atom stereocenters. The number of thioether (sulfide) groups is 1. The minimum absolute atomic E-state index is 0.0116. The lowest BCUT2D eigenvalue weighted by Gasteiger charge is -2.13. The first kappa shape index (κ1) is 19.5. The molecular weight excluding hydrogens is 384 g/mol. The molecule has 1 atom stereocenters. The van der Waals surface area contributed by atoms with Gasteiger partial charge in [-0.3, -0.25) is 9.36 Å². The number of furan rings is 1. The van der Waals surface area contributed by atoms with Crippen LogP contribution in [-0.4, -0.2) is 32.5 Å². The van der Waals surface area contributed by atoms with E-state index < -0.39 is 0 Å². The summed E-state index contributed by atoms with van der Waals surface area (Å²) in [6, 6.07) is 11.2. The first-order chi connectivity index (χ1) is 13.1. The van der Waals surface area contributed by atoms with Gasteiger partial charge >= 0.3 is 0 Å². The van der Waals surface area contributed by atoms with E-state index in [0.717, 1.165) is 17.7 Å². The van der Waals surface area contributed by atoms with Crippen molar-refractivity contribution in [2.24, 2.45) is 0 Å². The Balaban J connectivity index is 1.89. The van der Waals surface area contributed by atoms with Crippen LogP contribution in [0.2, 0.25) is 5.02 Å². The summed E-state index contributed by atoms with van der Waals surface area (Å²) in [6.45, 7) is 5.03. The zero-order valence-electron chi connectivity index (χ0n) is 15.2. The smallest absolute Gasteiger partial charge is 0.233 e. The van der Waals surface area contributed by atoms with Crippen molar-refractivity contribution in [1.29, 1.82) is 0 Å². The van der Waals surface area contributed by atoms with Gasteiger partial charge in [-0.1, -0.05) is 30.3 Å². The predicted octanol–water partition coefficient (Wildman–Crippen LogP) is 4.25. The molecular formula is C19H21ClN4O2S. The first-order valence-electron chi connectivity index (χ1n) is 8.74. The molecule has 0 saturated carbocycles. The van der Waals surface area contributed by atoms with E-state index in [1.165, 1.54) is 11.8 Å². The van der Waals surface area contributed by atoms with E-state index in [1.54, 1.807) is 6.26 Å². The van der Waals surface area contributed by atoms with Crippen LogP contribution in [0.4, 0.5) is 0 Å². The van der Waals surface area contributed by atoms with Gasteiger partial charge in [-0.2, -0.15) is 0 Å². The van der Waals surface area contributed by atoms with E-state index in [2.05, 4.69) is 15.5 Å². The second-order valence-electron chi connectivity index (χ2n) is 6.03. The van der Waals surface area contributed by atoms with Crippen LogP contribution in [0, 0.1) is 0 Å². The molecule has 0 aliphatic carbocycles. The highest BCUT2D eigenvalue weighted by molar-refractivity contribution is 8.00. The molecule has 142 valence electrons. The van der Waals surface area contributed by atoms with Gasteiger partial charge in [-0.25, -0.2) is 0 Å². The summed E-state index contributed by atoms with van der Waals surface area (Å²) in [5, 5.41) is 12.6. The van der Waals surface area contributed by atoms with Crippen molar-refractivity contribution < 1.29 is 9.21 Å². The molecule has 0 radical (unpaired) electrons. The molecule has 6 nitrogen and oxygen atoms in total. The Morgan fingerprint density at radius 3 is 2.74 bits per heavy atom. The molecule has 1 amide bonds. The Morgan fingerprint density at radius 1 is 1.30 bits per heavy atom. The van der Waals surface area contributed by atoms with Gasteiger partial charge in [-0.15, -0.1) is 10.2 Å². The van der Waals surface area contributed by atoms with Crippen molar-refractivity contribution in [3.05, 3.63) is 53.4 Å². The number of hydrogen-bond acceptors (Lipinski definition) is 5. The van der Waals surface area contributed by atoms with Crippen LogP contribution in [0.15, 0.2) is 52.2 Å². The molecule has 3 rings (SSSR count). The van der Waals surface area contributed by atoms with E-state index in [1.807, 2.05) is 54.8 Å². The second kappa shape index (κ2) is 9.10. The molecule has 8 heteroatoms. The fraction of sp³-hybridized carbons (Fsp3) is 0.316. The SMILES string of the molecule is CCCNC(=O)C(C)Sc1nnc(-c2ccc(Cl)cc2)n1Cc1ccco1. The molecule has 3 aromatic rings. The van der Waals surface area contributed by atoms with E-state index in [0.29, 0.717) is 29.1 Å². The summed E-state index contributed by atoms with van der Waals surface area (Å²) >= 11 is 7.38. The lowest BCUT2D eigenvalue weighted by Crippen LogP contribution is -2.31. The van der Waals surface area contributed by atoms with Crippen LogP contribution < -0.4 is 5.32 Å². The van der Waals surface area contributed by atoms with E-state index in [9.17, 15) is 4.79 Å². The second-order valence-corrected chi connectivity index (χ2v) is 7.77. The maximum absolute atomic E-state index is 12.2. The highest BCUT2D eigenvalue weighted by Gasteiger charge is 2.21. The number of halogens is 1. The molecule has 0 bridgehead atoms. The highest BCUT2D eigenvalue weighted by Crippen LogP contribution is 2.28. The molecule has 0 aliphatic heterocycles. The average molecular weight is 405 g/mol. The third-order valence-electron chi connectivity index (χ3n) is 3.91. The fourth-order valence-corrected chi connectivity index (χ4v) is 3.49. The highest BCUT2D eigenvalue weighted by atomic mass is 35.5. The number of carbonyl (C=O) groups is 1. The van der Waals surface area contributed by atoms with Crippen molar-refractivity contribution in [2.45, 2.75) is 37.2 Å². The van der Waals surface area contributed by atoms with Crippen LogP contribution in [0.3, 0.4) is 0 Å². The zero-order valence-corrected chi connectivity index (χ0v) is 16.8. The van der Waals surface area contributed by atoms with Crippen molar-refractivity contribution in [2.75, 3.05) is 6.54 Å². The van der Waals surface area contributed by atoms with Crippen molar-refractivity contribution >= 4 is 29.3 Å². The number of benzene rings is 1. The molecule has 1 N–H and O–H groups in total. The Labute approximate surface area is 167 Å². The Morgan fingerprint density at radius 2 is 2.07 bits per heavy atom. The number of aromatic nitrogens is 3. The molecule has 0 aliphatic rings. The fourth-order valence-electron chi connectivity index (χ4n) is 2.49. The number of hydrogen-bond donors (Lipinski definition) is 1. The van der Waals surface area contributed by atoms with Gasteiger partial charge in [-0.05, 0) is 49.7 Å². The number of carbonyl (C=O) groups excluding carboxylic acids is 1. The van der Waals surface area contributed by atoms with Crippen molar-refractivity contribution in [3.8, 4) is 11.4 Å². The van der Waals surface area contributed by atoms with Crippen LogP contribution >= 0.6 is 23.4 Å². The van der Waals surface area contributed by atoms with Crippen LogP contribution in [-0.2, 0) is 11.3 Å². The molecule has 2 heterocycles. The Kier molecular flexibility index (Phi) is 6.58. The van der Waals surface area contributed by atoms with Crippen LogP contribution in [0.25, 0.3) is 11.4 Å². The lowest BCUT2D eigenvalue weighted by molar-refractivity contribution is -0.120. The number of amides is 1.